The monoisotopic (exact) mass is 483 g/mol. The van der Waals surface area contributed by atoms with Crippen LogP contribution in [-0.2, 0) is 26.0 Å². The summed E-state index contributed by atoms with van der Waals surface area (Å²) in [6.45, 7) is 1.44. The number of hydrogen-bond donors (Lipinski definition) is 1. The maximum Gasteiger partial charge on any atom is 0.244 e. The van der Waals surface area contributed by atoms with Crippen molar-refractivity contribution in [1.29, 1.82) is 0 Å². The van der Waals surface area contributed by atoms with Crippen molar-refractivity contribution in [2.24, 2.45) is 0 Å². The first-order valence-corrected chi connectivity index (χ1v) is 12.3. The summed E-state index contributed by atoms with van der Waals surface area (Å²) in [7, 11) is -2.42. The Bertz CT molecular complexity index is 1050. The maximum absolute atomic E-state index is 13.6. The van der Waals surface area contributed by atoms with E-state index >= 15 is 0 Å². The molecule has 0 heterocycles. The number of benzene rings is 2. The van der Waals surface area contributed by atoms with Crippen LogP contribution >= 0.6 is 11.6 Å². The Labute approximate surface area is 193 Å². The molecule has 0 aliphatic heterocycles. The minimum absolute atomic E-state index is 0.0586. The smallest absolute Gasteiger partial charge is 0.244 e. The number of likely N-dealkylation sites (N-methyl/N-ethyl adjacent to an activating group) is 1. The first-order chi connectivity index (χ1) is 15.1. The minimum Gasteiger partial charge on any atom is -0.357 e. The fourth-order valence-corrected chi connectivity index (χ4v) is 4.33. The molecule has 1 atom stereocenters. The summed E-state index contributed by atoms with van der Waals surface area (Å²) in [6, 6.07) is 12.1. The second-order valence-corrected chi connectivity index (χ2v) is 9.54. The molecule has 2 aromatic rings. The summed E-state index contributed by atoms with van der Waals surface area (Å²) in [4.78, 5) is 27.1. The van der Waals surface area contributed by atoms with Gasteiger partial charge >= 0.3 is 0 Å². The van der Waals surface area contributed by atoms with Crippen molar-refractivity contribution in [3.63, 3.8) is 0 Å². The average molecular weight is 484 g/mol. The molecule has 10 heteroatoms. The second kappa shape index (κ2) is 11.3. The Hall–Kier alpha value is -2.65. The Balaban J connectivity index is 2.36. The first-order valence-electron chi connectivity index (χ1n) is 10.1. The zero-order valence-corrected chi connectivity index (χ0v) is 19.8. The molecule has 1 N–H and O–H groups in total. The quantitative estimate of drug-likeness (QED) is 0.563. The molecule has 0 saturated heterocycles. The number of rotatable bonds is 10. The summed E-state index contributed by atoms with van der Waals surface area (Å²) >= 11 is 5.81. The van der Waals surface area contributed by atoms with E-state index in [9.17, 15) is 22.4 Å². The van der Waals surface area contributed by atoms with Gasteiger partial charge in [0.1, 0.15) is 18.4 Å². The van der Waals surface area contributed by atoms with Gasteiger partial charge in [-0.05, 0) is 36.6 Å². The summed E-state index contributed by atoms with van der Waals surface area (Å²) in [5.41, 5.74) is 1.03. The van der Waals surface area contributed by atoms with E-state index in [0.29, 0.717) is 12.8 Å². The molecule has 0 fully saturated rings. The Morgan fingerprint density at radius 1 is 1.16 bits per heavy atom. The van der Waals surface area contributed by atoms with Crippen LogP contribution in [0, 0.1) is 5.82 Å². The highest BCUT2D eigenvalue weighted by Gasteiger charge is 2.31. The maximum atomic E-state index is 13.6. The zero-order valence-electron chi connectivity index (χ0n) is 18.2. The fraction of sp³-hybridized carbons (Fsp3) is 0.364. The van der Waals surface area contributed by atoms with E-state index in [-0.39, 0.29) is 23.2 Å². The topological polar surface area (TPSA) is 86.8 Å². The summed E-state index contributed by atoms with van der Waals surface area (Å²) < 4.78 is 39.3. The van der Waals surface area contributed by atoms with Crippen molar-refractivity contribution < 1.29 is 22.4 Å². The number of hydrogen-bond acceptors (Lipinski definition) is 4. The van der Waals surface area contributed by atoms with Gasteiger partial charge < -0.3 is 10.2 Å². The number of carbonyl (C=O) groups excluding carboxylic acids is 2. The van der Waals surface area contributed by atoms with Gasteiger partial charge in [0.2, 0.25) is 21.8 Å². The largest absolute Gasteiger partial charge is 0.357 e. The Morgan fingerprint density at radius 2 is 1.81 bits per heavy atom. The van der Waals surface area contributed by atoms with Crippen molar-refractivity contribution in [2.45, 2.75) is 25.8 Å². The Morgan fingerprint density at radius 3 is 2.34 bits per heavy atom. The standard InChI is InChI=1S/C22H27ClFN3O4S/c1-4-20(22(29)25-2)26(13-12-16-8-6-5-7-9-16)21(28)15-27(32(3,30)31)17-10-11-19(24)18(23)14-17/h5-11,14,20H,4,12-13,15H2,1-3H3,(H,25,29). The lowest BCUT2D eigenvalue weighted by atomic mass is 10.1. The van der Waals surface area contributed by atoms with Crippen LogP contribution in [0.4, 0.5) is 10.1 Å². The van der Waals surface area contributed by atoms with Gasteiger partial charge in [-0.1, -0.05) is 48.9 Å². The summed E-state index contributed by atoms with van der Waals surface area (Å²) in [5, 5.41) is 2.29. The molecule has 0 aromatic heterocycles. The van der Waals surface area contributed by atoms with Crippen LogP contribution in [0.1, 0.15) is 18.9 Å². The Kier molecular flexibility index (Phi) is 9.03. The third-order valence-electron chi connectivity index (χ3n) is 4.99. The van der Waals surface area contributed by atoms with Gasteiger partial charge in [-0.3, -0.25) is 13.9 Å². The molecule has 0 saturated carbocycles. The molecule has 0 spiro atoms. The van der Waals surface area contributed by atoms with E-state index < -0.39 is 34.3 Å². The van der Waals surface area contributed by atoms with E-state index in [0.717, 1.165) is 28.3 Å². The molecule has 2 amide bonds. The van der Waals surface area contributed by atoms with Crippen molar-refractivity contribution in [1.82, 2.24) is 10.2 Å². The molecule has 2 aromatic carbocycles. The van der Waals surface area contributed by atoms with E-state index in [2.05, 4.69) is 5.32 Å². The number of anilines is 1. The fourth-order valence-electron chi connectivity index (χ4n) is 3.32. The van der Waals surface area contributed by atoms with E-state index in [1.165, 1.54) is 18.0 Å². The zero-order chi connectivity index (χ0) is 23.9. The highest BCUT2D eigenvalue weighted by Crippen LogP contribution is 2.25. The summed E-state index contributed by atoms with van der Waals surface area (Å²) in [5.74, 6) is -1.60. The summed E-state index contributed by atoms with van der Waals surface area (Å²) in [6.07, 6.45) is 1.78. The number of nitrogens with one attached hydrogen (secondary N) is 1. The van der Waals surface area contributed by atoms with Crippen LogP contribution in [0.5, 0.6) is 0 Å². The molecule has 174 valence electrons. The predicted octanol–water partition coefficient (Wildman–Crippen LogP) is 2.84. The number of sulfonamides is 1. The van der Waals surface area contributed by atoms with Crippen molar-refractivity contribution in [3.8, 4) is 0 Å². The number of carbonyl (C=O) groups is 2. The van der Waals surface area contributed by atoms with Crippen LogP contribution < -0.4 is 9.62 Å². The van der Waals surface area contributed by atoms with Crippen LogP contribution in [0.3, 0.4) is 0 Å². The van der Waals surface area contributed by atoms with E-state index in [4.69, 9.17) is 11.6 Å². The van der Waals surface area contributed by atoms with Crippen LogP contribution in [0.25, 0.3) is 0 Å². The van der Waals surface area contributed by atoms with E-state index in [1.54, 1.807) is 6.92 Å². The molecule has 1 unspecified atom stereocenters. The van der Waals surface area contributed by atoms with Crippen LogP contribution in [0.15, 0.2) is 48.5 Å². The van der Waals surface area contributed by atoms with Crippen LogP contribution in [-0.4, -0.2) is 57.6 Å². The average Bonchev–Trinajstić information content (AvgIpc) is 2.76. The number of nitrogens with zero attached hydrogens (tertiary/aromatic N) is 2. The minimum atomic E-state index is -3.90. The predicted molar refractivity (Wildman–Crippen MR) is 124 cm³/mol. The molecule has 32 heavy (non-hydrogen) atoms. The SMILES string of the molecule is CCC(C(=O)NC)N(CCc1ccccc1)C(=O)CN(c1ccc(F)c(Cl)c1)S(C)(=O)=O. The highest BCUT2D eigenvalue weighted by atomic mass is 35.5. The first kappa shape index (κ1) is 25.6. The molecule has 0 bridgehead atoms. The molecule has 7 nitrogen and oxygen atoms in total. The van der Waals surface area contributed by atoms with Gasteiger partial charge in [-0.25, -0.2) is 12.8 Å². The normalized spacial score (nSPS) is 12.2. The molecule has 0 aliphatic rings. The van der Waals surface area contributed by atoms with Gasteiger partial charge in [0.25, 0.3) is 0 Å². The molecule has 0 radical (unpaired) electrons. The lowest BCUT2D eigenvalue weighted by Gasteiger charge is -2.32. The molecule has 0 aliphatic carbocycles. The van der Waals surface area contributed by atoms with Gasteiger partial charge in [0.05, 0.1) is 17.0 Å². The van der Waals surface area contributed by atoms with Crippen molar-refractivity contribution >= 4 is 39.1 Å². The number of halogens is 2. The molecular weight excluding hydrogens is 457 g/mol. The highest BCUT2D eigenvalue weighted by molar-refractivity contribution is 7.92. The molecular formula is C22H27ClFN3O4S. The number of amides is 2. The third kappa shape index (κ3) is 6.67. The third-order valence-corrected chi connectivity index (χ3v) is 6.42. The lowest BCUT2D eigenvalue weighted by molar-refractivity contribution is -0.139. The lowest BCUT2D eigenvalue weighted by Crippen LogP contribution is -2.52. The van der Waals surface area contributed by atoms with E-state index in [1.807, 2.05) is 30.3 Å². The van der Waals surface area contributed by atoms with Gasteiger partial charge in [0.15, 0.2) is 0 Å². The second-order valence-electron chi connectivity index (χ2n) is 7.23. The molecule has 2 rings (SSSR count). The van der Waals surface area contributed by atoms with Crippen LogP contribution in [0.2, 0.25) is 5.02 Å². The van der Waals surface area contributed by atoms with Crippen molar-refractivity contribution in [3.05, 3.63) is 64.9 Å². The van der Waals surface area contributed by atoms with Crippen molar-refractivity contribution in [2.75, 3.05) is 30.7 Å². The van der Waals surface area contributed by atoms with Gasteiger partial charge in [-0.2, -0.15) is 0 Å². The van der Waals surface area contributed by atoms with Gasteiger partial charge in [-0.15, -0.1) is 0 Å². The van der Waals surface area contributed by atoms with Gasteiger partial charge in [0, 0.05) is 13.6 Å².